The lowest BCUT2D eigenvalue weighted by molar-refractivity contribution is -0.121. The number of aromatic nitrogens is 2. The SMILES string of the molecule is CCCn1cc(C(=O)NC2CN(CC(=O)NC)CC2C(C)C)c(C)n1. The first kappa shape index (κ1) is 19.4. The van der Waals surface area contributed by atoms with Crippen molar-refractivity contribution >= 4 is 11.8 Å². The molecule has 0 bridgehead atoms. The number of rotatable bonds is 7. The van der Waals surface area contributed by atoms with Crippen LogP contribution in [0.1, 0.15) is 43.2 Å². The van der Waals surface area contributed by atoms with Gasteiger partial charge in [0.1, 0.15) is 0 Å². The Hall–Kier alpha value is -1.89. The fourth-order valence-corrected chi connectivity index (χ4v) is 3.48. The molecule has 1 aromatic rings. The van der Waals surface area contributed by atoms with Crippen molar-refractivity contribution in [3.8, 4) is 0 Å². The van der Waals surface area contributed by atoms with Crippen molar-refractivity contribution in [2.45, 2.75) is 46.7 Å². The predicted octanol–water partition coefficient (Wildman–Crippen LogP) is 1.03. The zero-order valence-electron chi connectivity index (χ0n) is 16.0. The summed E-state index contributed by atoms with van der Waals surface area (Å²) < 4.78 is 1.83. The Bertz CT molecular complexity index is 611. The maximum atomic E-state index is 12.7. The Morgan fingerprint density at radius 2 is 2.08 bits per heavy atom. The van der Waals surface area contributed by atoms with E-state index in [1.807, 2.05) is 17.8 Å². The minimum absolute atomic E-state index is 0.00571. The Morgan fingerprint density at radius 1 is 1.36 bits per heavy atom. The second-order valence-electron chi connectivity index (χ2n) is 7.25. The van der Waals surface area contributed by atoms with E-state index in [9.17, 15) is 9.59 Å². The van der Waals surface area contributed by atoms with Crippen molar-refractivity contribution in [1.82, 2.24) is 25.3 Å². The van der Waals surface area contributed by atoms with Gasteiger partial charge in [-0.3, -0.25) is 19.2 Å². The molecule has 2 N–H and O–H groups in total. The third-order valence-electron chi connectivity index (χ3n) is 4.90. The van der Waals surface area contributed by atoms with Crippen molar-refractivity contribution in [2.24, 2.45) is 11.8 Å². The van der Waals surface area contributed by atoms with Crippen LogP contribution in [0, 0.1) is 18.8 Å². The molecule has 1 aliphatic rings. The quantitative estimate of drug-likeness (QED) is 0.771. The van der Waals surface area contributed by atoms with E-state index in [-0.39, 0.29) is 17.9 Å². The molecule has 1 fully saturated rings. The summed E-state index contributed by atoms with van der Waals surface area (Å²) in [5.74, 6) is 0.701. The van der Waals surface area contributed by atoms with Crippen LogP contribution in [0.3, 0.4) is 0 Å². The molecule has 2 unspecified atom stereocenters. The van der Waals surface area contributed by atoms with Gasteiger partial charge in [-0.15, -0.1) is 0 Å². The van der Waals surface area contributed by atoms with Crippen LogP contribution >= 0.6 is 0 Å². The first-order chi connectivity index (χ1) is 11.8. The maximum absolute atomic E-state index is 12.7. The second-order valence-corrected chi connectivity index (χ2v) is 7.25. The summed E-state index contributed by atoms with van der Waals surface area (Å²) >= 11 is 0. The molecule has 140 valence electrons. The van der Waals surface area contributed by atoms with Crippen LogP contribution in [0.15, 0.2) is 6.20 Å². The number of carbonyl (C=O) groups excluding carboxylic acids is 2. The molecule has 0 aromatic carbocycles. The molecule has 1 saturated heterocycles. The highest BCUT2D eigenvalue weighted by Gasteiger charge is 2.36. The van der Waals surface area contributed by atoms with E-state index in [2.05, 4.69) is 41.4 Å². The van der Waals surface area contributed by atoms with Crippen molar-refractivity contribution in [3.63, 3.8) is 0 Å². The van der Waals surface area contributed by atoms with E-state index in [4.69, 9.17) is 0 Å². The molecular formula is C18H31N5O2. The van der Waals surface area contributed by atoms with Crippen molar-refractivity contribution < 1.29 is 9.59 Å². The largest absolute Gasteiger partial charge is 0.358 e. The van der Waals surface area contributed by atoms with E-state index in [1.165, 1.54) is 0 Å². The summed E-state index contributed by atoms with van der Waals surface area (Å²) in [5.41, 5.74) is 1.40. The number of nitrogens with one attached hydrogen (secondary N) is 2. The summed E-state index contributed by atoms with van der Waals surface area (Å²) in [4.78, 5) is 26.5. The molecule has 0 radical (unpaired) electrons. The van der Waals surface area contributed by atoms with E-state index in [1.54, 1.807) is 7.05 Å². The van der Waals surface area contributed by atoms with Gasteiger partial charge in [0.2, 0.25) is 5.91 Å². The topological polar surface area (TPSA) is 79.3 Å². The first-order valence-corrected chi connectivity index (χ1v) is 9.13. The number of hydrogen-bond acceptors (Lipinski definition) is 4. The van der Waals surface area contributed by atoms with Crippen LogP contribution in [0.4, 0.5) is 0 Å². The van der Waals surface area contributed by atoms with Crippen molar-refractivity contribution in [1.29, 1.82) is 0 Å². The van der Waals surface area contributed by atoms with Gasteiger partial charge >= 0.3 is 0 Å². The van der Waals surface area contributed by atoms with Gasteiger partial charge in [0, 0.05) is 38.9 Å². The van der Waals surface area contributed by atoms with E-state index >= 15 is 0 Å². The Balaban J connectivity index is 2.06. The Labute approximate surface area is 150 Å². The summed E-state index contributed by atoms with van der Waals surface area (Å²) in [6, 6.07) is 0.0473. The smallest absolute Gasteiger partial charge is 0.255 e. The highest BCUT2D eigenvalue weighted by molar-refractivity contribution is 5.95. The van der Waals surface area contributed by atoms with Gasteiger partial charge in [0.25, 0.3) is 5.91 Å². The fourth-order valence-electron chi connectivity index (χ4n) is 3.48. The van der Waals surface area contributed by atoms with Crippen LogP contribution in [-0.4, -0.2) is 59.2 Å². The molecule has 2 rings (SSSR count). The lowest BCUT2D eigenvalue weighted by Gasteiger charge is -2.22. The number of hydrogen-bond donors (Lipinski definition) is 2. The number of likely N-dealkylation sites (tertiary alicyclic amines) is 1. The predicted molar refractivity (Wildman–Crippen MR) is 97.3 cm³/mol. The molecule has 1 aromatic heterocycles. The van der Waals surface area contributed by atoms with Gasteiger partial charge in [-0.25, -0.2) is 0 Å². The summed E-state index contributed by atoms with van der Waals surface area (Å²) in [6.07, 6.45) is 2.81. The van der Waals surface area contributed by atoms with Crippen LogP contribution in [-0.2, 0) is 11.3 Å². The summed E-state index contributed by atoms with van der Waals surface area (Å²) in [5, 5.41) is 10.2. The average Bonchev–Trinajstić information content (AvgIpc) is 3.11. The van der Waals surface area contributed by atoms with Gasteiger partial charge in [-0.05, 0) is 25.2 Å². The molecule has 7 heteroatoms. The maximum Gasteiger partial charge on any atom is 0.255 e. The van der Waals surface area contributed by atoms with Crippen molar-refractivity contribution in [3.05, 3.63) is 17.5 Å². The normalized spacial score (nSPS) is 20.9. The molecule has 7 nitrogen and oxygen atoms in total. The third-order valence-corrected chi connectivity index (χ3v) is 4.90. The van der Waals surface area contributed by atoms with Gasteiger partial charge in [-0.2, -0.15) is 5.10 Å². The number of likely N-dealkylation sites (N-methyl/N-ethyl adjacent to an activating group) is 1. The van der Waals surface area contributed by atoms with Crippen LogP contribution < -0.4 is 10.6 Å². The molecule has 0 saturated carbocycles. The molecule has 2 amide bonds. The number of carbonyl (C=O) groups is 2. The zero-order chi connectivity index (χ0) is 18.6. The lowest BCUT2D eigenvalue weighted by Crippen LogP contribution is -2.42. The minimum atomic E-state index is -0.0719. The molecule has 2 heterocycles. The molecule has 0 spiro atoms. The summed E-state index contributed by atoms with van der Waals surface area (Å²) in [7, 11) is 1.65. The average molecular weight is 349 g/mol. The van der Waals surface area contributed by atoms with Gasteiger partial charge in [0.15, 0.2) is 0 Å². The van der Waals surface area contributed by atoms with E-state index in [0.717, 1.165) is 25.2 Å². The highest BCUT2D eigenvalue weighted by atomic mass is 16.2. The van der Waals surface area contributed by atoms with Gasteiger partial charge in [0.05, 0.1) is 17.8 Å². The second kappa shape index (κ2) is 8.47. The highest BCUT2D eigenvalue weighted by Crippen LogP contribution is 2.24. The molecule has 0 aliphatic carbocycles. The minimum Gasteiger partial charge on any atom is -0.358 e. The van der Waals surface area contributed by atoms with Crippen LogP contribution in [0.2, 0.25) is 0 Å². The third kappa shape index (κ3) is 4.81. The van der Waals surface area contributed by atoms with Gasteiger partial charge in [-0.1, -0.05) is 20.8 Å². The number of nitrogens with zero attached hydrogens (tertiary/aromatic N) is 3. The molecular weight excluding hydrogens is 318 g/mol. The summed E-state index contributed by atoms with van der Waals surface area (Å²) in [6.45, 7) is 11.0. The van der Waals surface area contributed by atoms with Crippen molar-refractivity contribution in [2.75, 3.05) is 26.7 Å². The van der Waals surface area contributed by atoms with E-state index in [0.29, 0.717) is 30.5 Å². The first-order valence-electron chi connectivity index (χ1n) is 9.13. The van der Waals surface area contributed by atoms with Crippen LogP contribution in [0.25, 0.3) is 0 Å². The lowest BCUT2D eigenvalue weighted by atomic mass is 9.91. The van der Waals surface area contributed by atoms with Gasteiger partial charge < -0.3 is 10.6 Å². The number of amides is 2. The Kier molecular flexibility index (Phi) is 6.58. The van der Waals surface area contributed by atoms with E-state index < -0.39 is 0 Å². The fraction of sp³-hybridized carbons (Fsp3) is 0.722. The molecule has 1 aliphatic heterocycles. The monoisotopic (exact) mass is 349 g/mol. The molecule has 25 heavy (non-hydrogen) atoms. The Morgan fingerprint density at radius 3 is 2.68 bits per heavy atom. The zero-order valence-corrected chi connectivity index (χ0v) is 16.0. The number of aryl methyl sites for hydroxylation is 2. The molecule has 2 atom stereocenters. The standard InChI is InChI=1S/C18H31N5O2/c1-6-7-23-9-15(13(4)21-23)18(25)20-16-10-22(11-17(24)19-5)8-14(16)12(2)3/h9,12,14,16H,6-8,10-11H2,1-5H3,(H,19,24)(H,20,25). The van der Waals surface area contributed by atoms with Crippen LogP contribution in [0.5, 0.6) is 0 Å².